The normalized spacial score (nSPS) is 11.1. The zero-order valence-electron chi connectivity index (χ0n) is 11.8. The zero-order valence-corrected chi connectivity index (χ0v) is 11.8. The van der Waals surface area contributed by atoms with Crippen molar-refractivity contribution in [2.75, 3.05) is 7.11 Å². The summed E-state index contributed by atoms with van der Waals surface area (Å²) in [5.74, 6) is -0.0632. The number of hydrogen-bond donors (Lipinski definition) is 1. The molecule has 0 aliphatic heterocycles. The molecule has 0 fully saturated rings. The molecule has 0 aliphatic carbocycles. The summed E-state index contributed by atoms with van der Waals surface area (Å²) in [4.78, 5) is 11.8. The van der Waals surface area contributed by atoms with Gasteiger partial charge in [0.1, 0.15) is 11.6 Å². The predicted octanol–water partition coefficient (Wildman–Crippen LogP) is 2.99. The van der Waals surface area contributed by atoms with Crippen molar-refractivity contribution in [3.8, 4) is 5.75 Å². The van der Waals surface area contributed by atoms with Crippen molar-refractivity contribution in [1.29, 1.82) is 0 Å². The van der Waals surface area contributed by atoms with E-state index in [0.29, 0.717) is 17.0 Å². The number of amides is 1. The quantitative estimate of drug-likeness (QED) is 0.694. The smallest absolute Gasteiger partial charge is 0.271 e. The SMILES string of the molecule is COc1cccc(C(C)=NNC(=O)c2ccc(F)cc2)c1. The third-order valence-electron chi connectivity index (χ3n) is 2.92. The molecule has 2 aromatic carbocycles. The Hall–Kier alpha value is -2.69. The Morgan fingerprint density at radius 3 is 2.52 bits per heavy atom. The van der Waals surface area contributed by atoms with Crippen LogP contribution >= 0.6 is 0 Å². The van der Waals surface area contributed by atoms with Gasteiger partial charge in [0, 0.05) is 11.1 Å². The summed E-state index contributed by atoms with van der Waals surface area (Å²) in [5, 5.41) is 4.04. The first-order chi connectivity index (χ1) is 10.1. The van der Waals surface area contributed by atoms with E-state index in [4.69, 9.17) is 4.74 Å². The minimum absolute atomic E-state index is 0.346. The van der Waals surface area contributed by atoms with E-state index in [1.54, 1.807) is 14.0 Å². The van der Waals surface area contributed by atoms with Crippen LogP contribution in [0.3, 0.4) is 0 Å². The van der Waals surface area contributed by atoms with Gasteiger partial charge in [-0.1, -0.05) is 12.1 Å². The van der Waals surface area contributed by atoms with Gasteiger partial charge in [0.25, 0.3) is 5.91 Å². The van der Waals surface area contributed by atoms with Crippen LogP contribution in [0.25, 0.3) is 0 Å². The molecule has 2 rings (SSSR count). The van der Waals surface area contributed by atoms with Gasteiger partial charge in [-0.3, -0.25) is 4.79 Å². The van der Waals surface area contributed by atoms with E-state index in [1.807, 2.05) is 24.3 Å². The van der Waals surface area contributed by atoms with Crippen LogP contribution in [0.5, 0.6) is 5.75 Å². The van der Waals surface area contributed by atoms with Gasteiger partial charge in [0.2, 0.25) is 0 Å². The molecule has 1 amide bonds. The summed E-state index contributed by atoms with van der Waals surface area (Å²) < 4.78 is 17.9. The van der Waals surface area contributed by atoms with Gasteiger partial charge in [-0.25, -0.2) is 9.82 Å². The van der Waals surface area contributed by atoms with Gasteiger partial charge in [0.05, 0.1) is 12.8 Å². The molecule has 0 radical (unpaired) electrons. The summed E-state index contributed by atoms with van der Waals surface area (Å²) in [6.45, 7) is 1.78. The Balaban J connectivity index is 2.09. The molecule has 0 spiro atoms. The topological polar surface area (TPSA) is 50.7 Å². The van der Waals surface area contributed by atoms with Gasteiger partial charge < -0.3 is 4.74 Å². The maximum absolute atomic E-state index is 12.8. The Morgan fingerprint density at radius 1 is 1.14 bits per heavy atom. The minimum Gasteiger partial charge on any atom is -0.497 e. The summed E-state index contributed by atoms with van der Waals surface area (Å²) in [6, 6.07) is 12.6. The highest BCUT2D eigenvalue weighted by atomic mass is 19.1. The molecule has 2 aromatic rings. The number of hydrazone groups is 1. The molecule has 0 aliphatic rings. The van der Waals surface area contributed by atoms with Gasteiger partial charge in [-0.2, -0.15) is 5.10 Å². The molecule has 0 saturated heterocycles. The molecule has 4 nitrogen and oxygen atoms in total. The Morgan fingerprint density at radius 2 is 1.86 bits per heavy atom. The molecule has 0 bridgehead atoms. The second-order valence-corrected chi connectivity index (χ2v) is 4.38. The van der Waals surface area contributed by atoms with E-state index in [2.05, 4.69) is 10.5 Å². The number of nitrogens with one attached hydrogen (secondary N) is 1. The summed E-state index contributed by atoms with van der Waals surface area (Å²) in [6.07, 6.45) is 0. The number of hydrogen-bond acceptors (Lipinski definition) is 3. The number of halogens is 1. The molecule has 1 N–H and O–H groups in total. The van der Waals surface area contributed by atoms with E-state index in [-0.39, 0.29) is 5.82 Å². The van der Waals surface area contributed by atoms with Crippen LogP contribution in [0, 0.1) is 5.82 Å². The third-order valence-corrected chi connectivity index (χ3v) is 2.92. The Labute approximate surface area is 122 Å². The van der Waals surface area contributed by atoms with Crippen LogP contribution in [-0.2, 0) is 0 Å². The summed E-state index contributed by atoms with van der Waals surface area (Å²) >= 11 is 0. The maximum Gasteiger partial charge on any atom is 0.271 e. The van der Waals surface area contributed by atoms with Gasteiger partial charge in [-0.05, 0) is 43.3 Å². The number of methoxy groups -OCH3 is 1. The number of nitrogens with zero attached hydrogens (tertiary/aromatic N) is 1. The van der Waals surface area contributed by atoms with Gasteiger partial charge >= 0.3 is 0 Å². The second-order valence-electron chi connectivity index (χ2n) is 4.38. The lowest BCUT2D eigenvalue weighted by atomic mass is 10.1. The van der Waals surface area contributed by atoms with E-state index in [9.17, 15) is 9.18 Å². The third kappa shape index (κ3) is 3.89. The highest BCUT2D eigenvalue weighted by molar-refractivity contribution is 6.01. The Bertz CT molecular complexity index is 666. The van der Waals surface area contributed by atoms with Gasteiger partial charge in [-0.15, -0.1) is 0 Å². The van der Waals surface area contributed by atoms with Crippen molar-refractivity contribution in [3.63, 3.8) is 0 Å². The van der Waals surface area contributed by atoms with Crippen molar-refractivity contribution < 1.29 is 13.9 Å². The highest BCUT2D eigenvalue weighted by Gasteiger charge is 2.05. The van der Waals surface area contributed by atoms with Crippen LogP contribution in [0.2, 0.25) is 0 Å². The van der Waals surface area contributed by atoms with Crippen LogP contribution in [0.15, 0.2) is 53.6 Å². The van der Waals surface area contributed by atoms with Crippen LogP contribution < -0.4 is 10.2 Å². The molecule has 0 saturated carbocycles. The van der Waals surface area contributed by atoms with E-state index in [0.717, 1.165) is 5.56 Å². The molecular weight excluding hydrogens is 271 g/mol. The Kier molecular flexibility index (Phi) is 4.66. The first-order valence-electron chi connectivity index (χ1n) is 6.35. The van der Waals surface area contributed by atoms with Crippen LogP contribution in [-0.4, -0.2) is 18.7 Å². The lowest BCUT2D eigenvalue weighted by Gasteiger charge is -2.05. The predicted molar refractivity (Wildman–Crippen MR) is 79.1 cm³/mol. The number of ether oxygens (including phenoxy) is 1. The van der Waals surface area contributed by atoms with E-state index in [1.165, 1.54) is 24.3 Å². The van der Waals surface area contributed by atoms with Crippen molar-refractivity contribution >= 4 is 11.6 Å². The molecule has 21 heavy (non-hydrogen) atoms. The summed E-state index contributed by atoms with van der Waals surface area (Å²) in [5.41, 5.74) is 4.27. The van der Waals surface area contributed by atoms with Crippen molar-refractivity contribution in [3.05, 3.63) is 65.5 Å². The minimum atomic E-state index is -0.391. The molecule has 0 heterocycles. The molecule has 108 valence electrons. The zero-order chi connectivity index (χ0) is 15.2. The van der Waals surface area contributed by atoms with Gasteiger partial charge in [0.15, 0.2) is 0 Å². The highest BCUT2D eigenvalue weighted by Crippen LogP contribution is 2.13. The average molecular weight is 286 g/mol. The lowest BCUT2D eigenvalue weighted by molar-refractivity contribution is 0.0955. The molecule has 5 heteroatoms. The standard InChI is InChI=1S/C16H15FN2O2/c1-11(13-4-3-5-15(10-13)21-2)18-19-16(20)12-6-8-14(17)9-7-12/h3-10H,1-2H3,(H,19,20). The number of carbonyl (C=O) groups is 1. The van der Waals surface area contributed by atoms with E-state index >= 15 is 0 Å². The fourth-order valence-corrected chi connectivity index (χ4v) is 1.71. The van der Waals surface area contributed by atoms with Crippen LogP contribution in [0.1, 0.15) is 22.8 Å². The van der Waals surface area contributed by atoms with Crippen molar-refractivity contribution in [1.82, 2.24) is 5.43 Å². The molecule has 0 atom stereocenters. The average Bonchev–Trinajstić information content (AvgIpc) is 2.53. The van der Waals surface area contributed by atoms with Crippen molar-refractivity contribution in [2.45, 2.75) is 6.92 Å². The number of carbonyl (C=O) groups excluding carboxylic acids is 1. The number of rotatable bonds is 4. The second kappa shape index (κ2) is 6.65. The number of benzene rings is 2. The fraction of sp³-hybridized carbons (Fsp3) is 0.125. The largest absolute Gasteiger partial charge is 0.497 e. The lowest BCUT2D eigenvalue weighted by Crippen LogP contribution is -2.19. The summed E-state index contributed by atoms with van der Waals surface area (Å²) in [7, 11) is 1.59. The first-order valence-corrected chi connectivity index (χ1v) is 6.35. The monoisotopic (exact) mass is 286 g/mol. The maximum atomic E-state index is 12.8. The van der Waals surface area contributed by atoms with E-state index < -0.39 is 5.91 Å². The molecule has 0 unspecified atom stereocenters. The first kappa shape index (κ1) is 14.7. The van der Waals surface area contributed by atoms with Crippen molar-refractivity contribution in [2.24, 2.45) is 5.10 Å². The molecular formula is C16H15FN2O2. The van der Waals surface area contributed by atoms with Crippen LogP contribution in [0.4, 0.5) is 4.39 Å². The molecule has 0 aromatic heterocycles. The fourth-order valence-electron chi connectivity index (χ4n) is 1.71.